The number of carbonyl (C=O) groups excluding carboxylic acids is 1. The van der Waals surface area contributed by atoms with Gasteiger partial charge in [0.05, 0.1) is 17.1 Å². The Morgan fingerprint density at radius 1 is 1.12 bits per heavy atom. The number of nitrogens with two attached hydrogens (primary N) is 1. The molecular formula is C25H24N6OS. The van der Waals surface area contributed by atoms with Crippen molar-refractivity contribution in [3.05, 3.63) is 83.6 Å². The molecule has 3 aromatic heterocycles. The van der Waals surface area contributed by atoms with E-state index >= 15 is 0 Å². The number of H-pyrrole nitrogens is 1. The van der Waals surface area contributed by atoms with Crippen LogP contribution in [0.1, 0.15) is 17.7 Å². The molecule has 0 aliphatic heterocycles. The molecule has 5 rings (SSSR count). The standard InChI is InChI=1S/C25H24N6OS/c26-21-9-7-17(24-6-3-13-33-24)14-23(21)28-25(32)10-8-19-16-31(30-29-19)12-11-18-15-27-22-5-2-1-4-20(18)22/h1-7,9,13-16,27H,8,10-12,26H2,(H,28,32). The Labute approximate surface area is 195 Å². The van der Waals surface area contributed by atoms with Gasteiger partial charge in [-0.3, -0.25) is 9.48 Å². The summed E-state index contributed by atoms with van der Waals surface area (Å²) in [6, 6.07) is 18.0. The number of para-hydroxylation sites is 1. The van der Waals surface area contributed by atoms with Gasteiger partial charge in [-0.1, -0.05) is 35.5 Å². The molecule has 0 radical (unpaired) electrons. The minimum absolute atomic E-state index is 0.0987. The summed E-state index contributed by atoms with van der Waals surface area (Å²) < 4.78 is 1.83. The lowest BCUT2D eigenvalue weighted by molar-refractivity contribution is -0.116. The van der Waals surface area contributed by atoms with Gasteiger partial charge in [-0.15, -0.1) is 16.4 Å². The van der Waals surface area contributed by atoms with E-state index in [0.29, 0.717) is 24.2 Å². The minimum Gasteiger partial charge on any atom is -0.397 e. The lowest BCUT2D eigenvalue weighted by Gasteiger charge is -2.09. The minimum atomic E-state index is -0.0987. The summed E-state index contributed by atoms with van der Waals surface area (Å²) >= 11 is 1.65. The lowest BCUT2D eigenvalue weighted by Crippen LogP contribution is -2.13. The lowest BCUT2D eigenvalue weighted by atomic mass is 10.1. The fraction of sp³-hybridized carbons (Fsp3) is 0.160. The van der Waals surface area contributed by atoms with Crippen molar-refractivity contribution >= 4 is 39.5 Å². The van der Waals surface area contributed by atoms with Crippen LogP contribution < -0.4 is 11.1 Å². The van der Waals surface area contributed by atoms with Crippen molar-refractivity contribution in [1.29, 1.82) is 0 Å². The number of aromatic amines is 1. The summed E-state index contributed by atoms with van der Waals surface area (Å²) in [5.74, 6) is -0.0987. The smallest absolute Gasteiger partial charge is 0.224 e. The molecule has 0 fully saturated rings. The Balaban J connectivity index is 1.15. The third-order valence-corrected chi connectivity index (χ3v) is 6.53. The predicted octanol–water partition coefficient (Wildman–Crippen LogP) is 4.88. The predicted molar refractivity (Wildman–Crippen MR) is 133 cm³/mol. The Morgan fingerprint density at radius 3 is 2.91 bits per heavy atom. The summed E-state index contributed by atoms with van der Waals surface area (Å²) in [6.07, 6.45) is 5.64. The summed E-state index contributed by atoms with van der Waals surface area (Å²) in [6.45, 7) is 0.729. The first-order valence-corrected chi connectivity index (χ1v) is 11.7. The van der Waals surface area contributed by atoms with E-state index in [4.69, 9.17) is 5.73 Å². The highest BCUT2D eigenvalue weighted by Crippen LogP contribution is 2.30. The summed E-state index contributed by atoms with van der Waals surface area (Å²) in [5, 5.41) is 14.6. The zero-order chi connectivity index (χ0) is 22.6. The van der Waals surface area contributed by atoms with E-state index in [1.54, 1.807) is 11.3 Å². The fourth-order valence-electron chi connectivity index (χ4n) is 3.85. The number of aryl methyl sites for hydroxylation is 3. The van der Waals surface area contributed by atoms with Gasteiger partial charge in [-0.25, -0.2) is 0 Å². The number of aromatic nitrogens is 4. The maximum absolute atomic E-state index is 12.5. The number of carbonyl (C=O) groups is 1. The Morgan fingerprint density at radius 2 is 2.03 bits per heavy atom. The first-order chi connectivity index (χ1) is 16.2. The van der Waals surface area contributed by atoms with Gasteiger partial charge in [0.1, 0.15) is 0 Å². The number of amides is 1. The van der Waals surface area contributed by atoms with Crippen LogP contribution in [-0.4, -0.2) is 25.9 Å². The quantitative estimate of drug-likeness (QED) is 0.290. The first kappa shape index (κ1) is 21.0. The molecule has 33 heavy (non-hydrogen) atoms. The van der Waals surface area contributed by atoms with Crippen LogP contribution in [0.4, 0.5) is 11.4 Å². The Kier molecular flexibility index (Phi) is 5.91. The molecule has 0 unspecified atom stereocenters. The van der Waals surface area contributed by atoms with E-state index in [2.05, 4.69) is 32.7 Å². The SMILES string of the molecule is Nc1ccc(-c2cccs2)cc1NC(=O)CCc1cn(CCc2c[nH]c3ccccc23)nn1. The second-order valence-corrected chi connectivity index (χ2v) is 8.86. The average molecular weight is 457 g/mol. The van der Waals surface area contributed by atoms with Gasteiger partial charge in [0, 0.05) is 47.6 Å². The molecule has 0 aliphatic carbocycles. The highest BCUT2D eigenvalue weighted by atomic mass is 32.1. The molecule has 1 amide bonds. The van der Waals surface area contributed by atoms with Crippen molar-refractivity contribution in [2.24, 2.45) is 0 Å². The van der Waals surface area contributed by atoms with E-state index in [-0.39, 0.29) is 5.91 Å². The van der Waals surface area contributed by atoms with Crippen molar-refractivity contribution in [2.75, 3.05) is 11.1 Å². The van der Waals surface area contributed by atoms with Crippen LogP contribution in [0.2, 0.25) is 0 Å². The topological polar surface area (TPSA) is 102 Å². The highest BCUT2D eigenvalue weighted by molar-refractivity contribution is 7.13. The number of hydrogen-bond acceptors (Lipinski definition) is 5. The molecular weight excluding hydrogens is 432 g/mol. The van der Waals surface area contributed by atoms with E-state index in [1.165, 1.54) is 10.9 Å². The van der Waals surface area contributed by atoms with Crippen LogP contribution in [0.5, 0.6) is 0 Å². The van der Waals surface area contributed by atoms with Crippen molar-refractivity contribution < 1.29 is 4.79 Å². The van der Waals surface area contributed by atoms with Gasteiger partial charge >= 0.3 is 0 Å². The maximum atomic E-state index is 12.5. The monoisotopic (exact) mass is 456 g/mol. The number of rotatable bonds is 8. The number of thiophene rings is 1. The molecule has 3 heterocycles. The third kappa shape index (κ3) is 4.80. The van der Waals surface area contributed by atoms with Crippen LogP contribution in [0.15, 0.2) is 72.4 Å². The van der Waals surface area contributed by atoms with Crippen LogP contribution >= 0.6 is 11.3 Å². The number of fused-ring (bicyclic) bond motifs is 1. The number of benzene rings is 2. The normalized spacial score (nSPS) is 11.2. The molecule has 0 bridgehead atoms. The summed E-state index contributed by atoms with van der Waals surface area (Å²) in [5.41, 5.74) is 11.5. The fourth-order valence-corrected chi connectivity index (χ4v) is 4.57. The van der Waals surface area contributed by atoms with Gasteiger partial charge < -0.3 is 16.0 Å². The number of nitrogens with zero attached hydrogens (tertiary/aromatic N) is 3. The second kappa shape index (κ2) is 9.30. The van der Waals surface area contributed by atoms with Crippen LogP contribution in [0.3, 0.4) is 0 Å². The van der Waals surface area contributed by atoms with Crippen LogP contribution in [0.25, 0.3) is 21.3 Å². The van der Waals surface area contributed by atoms with Crippen LogP contribution in [0, 0.1) is 0 Å². The first-order valence-electron chi connectivity index (χ1n) is 10.8. The van der Waals surface area contributed by atoms with Gasteiger partial charge in [0.2, 0.25) is 5.91 Å². The number of anilines is 2. The van der Waals surface area contributed by atoms with E-state index in [0.717, 1.165) is 34.6 Å². The number of nitrogen functional groups attached to an aromatic ring is 1. The van der Waals surface area contributed by atoms with Gasteiger partial charge in [-0.05, 0) is 47.2 Å². The van der Waals surface area contributed by atoms with Crippen molar-refractivity contribution in [2.45, 2.75) is 25.8 Å². The molecule has 4 N–H and O–H groups in total. The zero-order valence-corrected chi connectivity index (χ0v) is 18.8. The molecule has 2 aromatic carbocycles. The van der Waals surface area contributed by atoms with Gasteiger partial charge in [0.25, 0.3) is 0 Å². The molecule has 0 aliphatic rings. The molecule has 166 valence electrons. The van der Waals surface area contributed by atoms with Crippen LogP contribution in [-0.2, 0) is 24.2 Å². The number of hydrogen-bond donors (Lipinski definition) is 3. The molecule has 0 spiro atoms. The van der Waals surface area contributed by atoms with E-state index in [1.807, 2.05) is 64.9 Å². The molecule has 0 atom stereocenters. The molecule has 0 saturated heterocycles. The third-order valence-electron chi connectivity index (χ3n) is 5.61. The largest absolute Gasteiger partial charge is 0.397 e. The highest BCUT2D eigenvalue weighted by Gasteiger charge is 2.10. The van der Waals surface area contributed by atoms with Gasteiger partial charge in [0.15, 0.2) is 0 Å². The zero-order valence-electron chi connectivity index (χ0n) is 18.0. The average Bonchev–Trinajstić information content (AvgIpc) is 3.59. The maximum Gasteiger partial charge on any atom is 0.224 e. The van der Waals surface area contributed by atoms with Crippen molar-refractivity contribution in [3.63, 3.8) is 0 Å². The molecule has 0 saturated carbocycles. The van der Waals surface area contributed by atoms with E-state index in [9.17, 15) is 4.79 Å². The second-order valence-electron chi connectivity index (χ2n) is 7.91. The van der Waals surface area contributed by atoms with Crippen molar-refractivity contribution in [3.8, 4) is 10.4 Å². The van der Waals surface area contributed by atoms with Crippen molar-refractivity contribution in [1.82, 2.24) is 20.0 Å². The Hall–Kier alpha value is -3.91. The Bertz CT molecular complexity index is 1390. The van der Waals surface area contributed by atoms with E-state index < -0.39 is 0 Å². The molecule has 5 aromatic rings. The molecule has 7 nitrogen and oxygen atoms in total. The summed E-state index contributed by atoms with van der Waals surface area (Å²) in [7, 11) is 0. The summed E-state index contributed by atoms with van der Waals surface area (Å²) in [4.78, 5) is 17.0. The molecule has 8 heteroatoms. The number of nitrogens with one attached hydrogen (secondary N) is 2. The van der Waals surface area contributed by atoms with Gasteiger partial charge in [-0.2, -0.15) is 0 Å².